The van der Waals surface area contributed by atoms with Crippen molar-refractivity contribution >= 4 is 33.2 Å². The van der Waals surface area contributed by atoms with Crippen LogP contribution >= 0.6 is 11.6 Å². The number of ether oxygens (including phenoxy) is 1. The summed E-state index contributed by atoms with van der Waals surface area (Å²) in [6.07, 6.45) is 0. The number of rotatable bonds is 4. The van der Waals surface area contributed by atoms with E-state index in [4.69, 9.17) is 16.3 Å². The number of hydrogen-bond donors (Lipinski definition) is 1. The first kappa shape index (κ1) is 18.8. The average molecular weight is 399 g/mol. The smallest absolute Gasteiger partial charge is 0.255 e. The van der Waals surface area contributed by atoms with E-state index in [0.29, 0.717) is 13.2 Å². The van der Waals surface area contributed by atoms with Crippen molar-refractivity contribution in [2.45, 2.75) is 4.90 Å². The van der Waals surface area contributed by atoms with Crippen LogP contribution in [0, 0.1) is 5.82 Å². The average Bonchev–Trinajstić information content (AvgIpc) is 2.64. The highest BCUT2D eigenvalue weighted by Gasteiger charge is 2.27. The second-order valence-corrected chi connectivity index (χ2v) is 7.96. The standard InChI is InChI=1S/C17H16ClFN2O4S/c18-15-6-5-14(26(23,24)21-7-9-25-10-8-21)11-16(15)20-17(22)12-1-3-13(19)4-2-12/h1-6,11H,7-10H2,(H,20,22). The zero-order valence-corrected chi connectivity index (χ0v) is 15.2. The van der Waals surface area contributed by atoms with Gasteiger partial charge in [-0.1, -0.05) is 11.6 Å². The lowest BCUT2D eigenvalue weighted by atomic mass is 10.2. The number of benzene rings is 2. The van der Waals surface area contributed by atoms with Gasteiger partial charge in [-0.15, -0.1) is 0 Å². The van der Waals surface area contributed by atoms with Gasteiger partial charge in [0, 0.05) is 18.7 Å². The van der Waals surface area contributed by atoms with Crippen LogP contribution in [0.4, 0.5) is 10.1 Å². The van der Waals surface area contributed by atoms with Gasteiger partial charge in [-0.25, -0.2) is 12.8 Å². The van der Waals surface area contributed by atoms with E-state index in [2.05, 4.69) is 5.32 Å². The summed E-state index contributed by atoms with van der Waals surface area (Å²) >= 11 is 6.09. The van der Waals surface area contributed by atoms with Gasteiger partial charge in [0.1, 0.15) is 5.82 Å². The quantitative estimate of drug-likeness (QED) is 0.859. The molecule has 0 radical (unpaired) electrons. The van der Waals surface area contributed by atoms with E-state index in [9.17, 15) is 17.6 Å². The first-order valence-electron chi connectivity index (χ1n) is 7.82. The Labute approximate surface area is 155 Å². The highest BCUT2D eigenvalue weighted by Crippen LogP contribution is 2.27. The maximum Gasteiger partial charge on any atom is 0.255 e. The van der Waals surface area contributed by atoms with Gasteiger partial charge in [0.05, 0.1) is 28.8 Å². The van der Waals surface area contributed by atoms with E-state index in [1.807, 2.05) is 0 Å². The van der Waals surface area contributed by atoms with Crippen molar-refractivity contribution in [3.8, 4) is 0 Å². The number of hydrogen-bond acceptors (Lipinski definition) is 4. The Balaban J connectivity index is 1.85. The van der Waals surface area contributed by atoms with E-state index in [0.717, 1.165) is 12.1 Å². The van der Waals surface area contributed by atoms with Gasteiger partial charge < -0.3 is 10.1 Å². The molecule has 0 unspecified atom stereocenters. The number of carbonyl (C=O) groups excluding carboxylic acids is 1. The Morgan fingerprint density at radius 2 is 1.77 bits per heavy atom. The van der Waals surface area contributed by atoms with Crippen molar-refractivity contribution in [1.82, 2.24) is 4.31 Å². The molecule has 0 saturated carbocycles. The van der Waals surface area contributed by atoms with Crippen LogP contribution in [0.1, 0.15) is 10.4 Å². The van der Waals surface area contributed by atoms with E-state index in [-0.39, 0.29) is 34.3 Å². The molecule has 0 spiro atoms. The normalized spacial score (nSPS) is 15.6. The molecular formula is C17H16ClFN2O4S. The monoisotopic (exact) mass is 398 g/mol. The summed E-state index contributed by atoms with van der Waals surface area (Å²) in [6, 6.07) is 9.09. The number of anilines is 1. The molecule has 26 heavy (non-hydrogen) atoms. The Hall–Kier alpha value is -2.00. The number of amides is 1. The van der Waals surface area contributed by atoms with Gasteiger partial charge in [-0.05, 0) is 42.5 Å². The maximum absolute atomic E-state index is 13.0. The SMILES string of the molecule is O=C(Nc1cc(S(=O)(=O)N2CCOCC2)ccc1Cl)c1ccc(F)cc1. The number of nitrogens with zero attached hydrogens (tertiary/aromatic N) is 1. The Morgan fingerprint density at radius 1 is 1.12 bits per heavy atom. The Bertz CT molecular complexity index is 913. The summed E-state index contributed by atoms with van der Waals surface area (Å²) in [5.41, 5.74) is 0.388. The van der Waals surface area contributed by atoms with Crippen LogP contribution in [-0.2, 0) is 14.8 Å². The molecule has 3 rings (SSSR count). The topological polar surface area (TPSA) is 75.7 Å². The Morgan fingerprint density at radius 3 is 2.42 bits per heavy atom. The van der Waals surface area contributed by atoms with E-state index in [1.165, 1.54) is 34.6 Å². The van der Waals surface area contributed by atoms with Gasteiger partial charge in [0.15, 0.2) is 0 Å². The number of nitrogens with one attached hydrogen (secondary N) is 1. The largest absolute Gasteiger partial charge is 0.379 e. The van der Waals surface area contributed by atoms with Crippen LogP contribution in [0.2, 0.25) is 5.02 Å². The lowest BCUT2D eigenvalue weighted by Gasteiger charge is -2.26. The molecule has 2 aromatic carbocycles. The van der Waals surface area contributed by atoms with Crippen molar-refractivity contribution in [3.63, 3.8) is 0 Å². The molecule has 1 saturated heterocycles. The molecule has 1 aliphatic heterocycles. The Kier molecular flexibility index (Phi) is 5.57. The van der Waals surface area contributed by atoms with Crippen LogP contribution in [-0.4, -0.2) is 44.9 Å². The molecule has 1 fully saturated rings. The fourth-order valence-electron chi connectivity index (χ4n) is 2.49. The highest BCUT2D eigenvalue weighted by molar-refractivity contribution is 7.89. The molecule has 9 heteroatoms. The van der Waals surface area contributed by atoms with Crippen molar-refractivity contribution in [2.24, 2.45) is 0 Å². The third kappa shape index (κ3) is 4.04. The molecular weight excluding hydrogens is 383 g/mol. The van der Waals surface area contributed by atoms with E-state index < -0.39 is 21.7 Å². The molecule has 6 nitrogen and oxygen atoms in total. The number of halogens is 2. The van der Waals surface area contributed by atoms with Gasteiger partial charge in [-0.2, -0.15) is 4.31 Å². The van der Waals surface area contributed by atoms with E-state index >= 15 is 0 Å². The summed E-state index contributed by atoms with van der Waals surface area (Å²) in [7, 11) is -3.71. The summed E-state index contributed by atoms with van der Waals surface area (Å²) in [6.45, 7) is 1.20. The van der Waals surface area contributed by atoms with Gasteiger partial charge in [0.25, 0.3) is 5.91 Å². The highest BCUT2D eigenvalue weighted by atomic mass is 35.5. The minimum Gasteiger partial charge on any atom is -0.379 e. The molecule has 1 N–H and O–H groups in total. The minimum atomic E-state index is -3.71. The van der Waals surface area contributed by atoms with Crippen LogP contribution < -0.4 is 5.32 Å². The summed E-state index contributed by atoms with van der Waals surface area (Å²) in [5, 5.41) is 2.76. The molecule has 1 amide bonds. The summed E-state index contributed by atoms with van der Waals surface area (Å²) < 4.78 is 44.9. The molecule has 1 aliphatic rings. The molecule has 0 bridgehead atoms. The molecule has 138 valence electrons. The third-order valence-electron chi connectivity index (χ3n) is 3.90. The van der Waals surface area contributed by atoms with Crippen molar-refractivity contribution in [1.29, 1.82) is 0 Å². The lowest BCUT2D eigenvalue weighted by Crippen LogP contribution is -2.40. The molecule has 0 atom stereocenters. The molecule has 2 aromatic rings. The van der Waals surface area contributed by atoms with Crippen LogP contribution in [0.25, 0.3) is 0 Å². The number of morpholine rings is 1. The number of carbonyl (C=O) groups is 1. The van der Waals surface area contributed by atoms with Crippen molar-refractivity contribution in [2.75, 3.05) is 31.6 Å². The second kappa shape index (κ2) is 7.71. The summed E-state index contributed by atoms with van der Waals surface area (Å²) in [5.74, 6) is -0.981. The van der Waals surface area contributed by atoms with Gasteiger partial charge in [-0.3, -0.25) is 4.79 Å². The predicted molar refractivity (Wildman–Crippen MR) is 95.4 cm³/mol. The first-order valence-corrected chi connectivity index (χ1v) is 9.64. The summed E-state index contributed by atoms with van der Waals surface area (Å²) in [4.78, 5) is 12.3. The zero-order chi connectivity index (χ0) is 18.7. The molecule has 0 aliphatic carbocycles. The van der Waals surface area contributed by atoms with Crippen LogP contribution in [0.15, 0.2) is 47.4 Å². The number of sulfonamides is 1. The van der Waals surface area contributed by atoms with Gasteiger partial charge in [0.2, 0.25) is 10.0 Å². The fraction of sp³-hybridized carbons (Fsp3) is 0.235. The van der Waals surface area contributed by atoms with Gasteiger partial charge >= 0.3 is 0 Å². The minimum absolute atomic E-state index is 0.0261. The van der Waals surface area contributed by atoms with Crippen LogP contribution in [0.3, 0.4) is 0 Å². The lowest BCUT2D eigenvalue weighted by molar-refractivity contribution is 0.0730. The zero-order valence-electron chi connectivity index (χ0n) is 13.6. The first-order chi connectivity index (χ1) is 12.4. The predicted octanol–water partition coefficient (Wildman–Crippen LogP) is 2.75. The second-order valence-electron chi connectivity index (χ2n) is 5.62. The molecule has 1 heterocycles. The maximum atomic E-state index is 13.0. The van der Waals surface area contributed by atoms with Crippen molar-refractivity contribution in [3.05, 3.63) is 58.9 Å². The van der Waals surface area contributed by atoms with E-state index in [1.54, 1.807) is 0 Å². The van der Waals surface area contributed by atoms with Crippen molar-refractivity contribution < 1.29 is 22.3 Å². The van der Waals surface area contributed by atoms with Crippen LogP contribution in [0.5, 0.6) is 0 Å². The third-order valence-corrected chi connectivity index (χ3v) is 6.12. The molecule has 0 aromatic heterocycles. The fourth-order valence-corrected chi connectivity index (χ4v) is 4.09.